The van der Waals surface area contributed by atoms with E-state index >= 15 is 0 Å². The van der Waals surface area contributed by atoms with Gasteiger partial charge >= 0.3 is 6.09 Å². The van der Waals surface area contributed by atoms with Gasteiger partial charge in [0, 0.05) is 6.61 Å². The number of amides is 1. The van der Waals surface area contributed by atoms with Crippen molar-refractivity contribution in [3.63, 3.8) is 0 Å². The Labute approximate surface area is 153 Å². The molecular formula is C21H24FNO3. The van der Waals surface area contributed by atoms with Crippen LogP contribution in [-0.4, -0.2) is 24.4 Å². The molecule has 0 unspecified atom stereocenters. The summed E-state index contributed by atoms with van der Waals surface area (Å²) in [6, 6.07) is 15.0. The molecule has 0 heterocycles. The fourth-order valence-corrected chi connectivity index (χ4v) is 3.39. The van der Waals surface area contributed by atoms with Gasteiger partial charge in [0.05, 0.1) is 18.0 Å². The van der Waals surface area contributed by atoms with Gasteiger partial charge in [0.25, 0.3) is 0 Å². The Morgan fingerprint density at radius 1 is 1.00 bits per heavy atom. The Morgan fingerprint density at radius 2 is 1.65 bits per heavy atom. The number of rotatable bonds is 5. The molecule has 1 N–H and O–H groups in total. The number of anilines is 2. The van der Waals surface area contributed by atoms with Gasteiger partial charge in [0.2, 0.25) is 0 Å². The van der Waals surface area contributed by atoms with Crippen molar-refractivity contribution in [1.82, 2.24) is 0 Å². The Balaban J connectivity index is 1.70. The van der Waals surface area contributed by atoms with Crippen molar-refractivity contribution in [3.8, 4) is 0 Å². The van der Waals surface area contributed by atoms with E-state index in [2.05, 4.69) is 0 Å². The predicted molar refractivity (Wildman–Crippen MR) is 98.9 cm³/mol. The molecule has 2 aromatic rings. The zero-order valence-electron chi connectivity index (χ0n) is 14.7. The highest BCUT2D eigenvalue weighted by molar-refractivity contribution is 5.95. The van der Waals surface area contributed by atoms with E-state index in [0.29, 0.717) is 29.8 Å². The molecule has 1 fully saturated rings. The van der Waals surface area contributed by atoms with E-state index in [1.54, 1.807) is 24.3 Å². The Kier molecular flexibility index (Phi) is 6.23. The zero-order valence-corrected chi connectivity index (χ0v) is 14.7. The highest BCUT2D eigenvalue weighted by Crippen LogP contribution is 2.30. The molecule has 0 bridgehead atoms. The zero-order chi connectivity index (χ0) is 18.4. The monoisotopic (exact) mass is 357 g/mol. The number of hydrogen-bond donors (Lipinski definition) is 1. The summed E-state index contributed by atoms with van der Waals surface area (Å²) < 4.78 is 19.2. The lowest BCUT2D eigenvalue weighted by molar-refractivity contribution is 0.104. The first-order valence-electron chi connectivity index (χ1n) is 9.05. The third kappa shape index (κ3) is 4.61. The first kappa shape index (κ1) is 18.4. The number of hydrogen-bond acceptors (Lipinski definition) is 3. The van der Waals surface area contributed by atoms with Gasteiger partial charge in [-0.25, -0.2) is 14.1 Å². The number of para-hydroxylation sites is 1. The van der Waals surface area contributed by atoms with Crippen molar-refractivity contribution in [2.75, 3.05) is 18.1 Å². The molecule has 1 aliphatic rings. The average molecular weight is 357 g/mol. The summed E-state index contributed by atoms with van der Waals surface area (Å²) >= 11 is 0. The van der Waals surface area contributed by atoms with Crippen molar-refractivity contribution in [2.45, 2.75) is 25.7 Å². The molecule has 0 aromatic heterocycles. The SMILES string of the molecule is O=C(OCC1CCC(CO)CC1)N(c1ccccc1)c1cccc(F)c1. The Hall–Kier alpha value is -2.40. The van der Waals surface area contributed by atoms with Crippen LogP contribution in [0.2, 0.25) is 0 Å². The van der Waals surface area contributed by atoms with Crippen LogP contribution in [0, 0.1) is 17.7 Å². The minimum absolute atomic E-state index is 0.230. The van der Waals surface area contributed by atoms with Gasteiger partial charge in [-0.3, -0.25) is 0 Å². The maximum atomic E-state index is 13.7. The summed E-state index contributed by atoms with van der Waals surface area (Å²) in [5.74, 6) is 0.278. The number of ether oxygens (including phenoxy) is 1. The molecule has 1 amide bonds. The minimum Gasteiger partial charge on any atom is -0.449 e. The molecule has 0 saturated heterocycles. The molecule has 0 radical (unpaired) electrons. The normalized spacial score (nSPS) is 19.8. The van der Waals surface area contributed by atoms with Crippen LogP contribution in [0.5, 0.6) is 0 Å². The van der Waals surface area contributed by atoms with Crippen molar-refractivity contribution in [1.29, 1.82) is 0 Å². The molecule has 4 nitrogen and oxygen atoms in total. The lowest BCUT2D eigenvalue weighted by Gasteiger charge is -2.28. The van der Waals surface area contributed by atoms with Gasteiger partial charge in [-0.2, -0.15) is 0 Å². The number of aliphatic hydroxyl groups excluding tert-OH is 1. The highest BCUT2D eigenvalue weighted by Gasteiger charge is 2.24. The van der Waals surface area contributed by atoms with Gasteiger partial charge in [-0.1, -0.05) is 24.3 Å². The molecule has 5 heteroatoms. The number of benzene rings is 2. The van der Waals surface area contributed by atoms with Crippen LogP contribution in [-0.2, 0) is 4.74 Å². The van der Waals surface area contributed by atoms with Crippen LogP contribution in [0.15, 0.2) is 54.6 Å². The summed E-state index contributed by atoms with van der Waals surface area (Å²) in [6.07, 6.45) is 3.31. The van der Waals surface area contributed by atoms with Crippen LogP contribution in [0.4, 0.5) is 20.6 Å². The summed E-state index contributed by atoms with van der Waals surface area (Å²) in [6.45, 7) is 0.573. The van der Waals surface area contributed by atoms with Crippen molar-refractivity contribution in [2.24, 2.45) is 11.8 Å². The number of aliphatic hydroxyl groups is 1. The maximum absolute atomic E-state index is 13.7. The Bertz CT molecular complexity index is 714. The third-order valence-corrected chi connectivity index (χ3v) is 4.93. The number of nitrogens with zero attached hydrogens (tertiary/aromatic N) is 1. The summed E-state index contributed by atoms with van der Waals surface area (Å²) in [5.41, 5.74) is 1.07. The van der Waals surface area contributed by atoms with Crippen LogP contribution >= 0.6 is 0 Å². The molecule has 138 valence electrons. The number of halogens is 1. The van der Waals surface area contributed by atoms with Gasteiger partial charge in [-0.05, 0) is 67.9 Å². The van der Waals surface area contributed by atoms with Gasteiger partial charge in [-0.15, -0.1) is 0 Å². The topological polar surface area (TPSA) is 49.8 Å². The second kappa shape index (κ2) is 8.81. The number of carbonyl (C=O) groups is 1. The fourth-order valence-electron chi connectivity index (χ4n) is 3.39. The molecule has 2 aromatic carbocycles. The standard InChI is InChI=1S/C21H24FNO3/c22-18-5-4-8-20(13-18)23(19-6-2-1-3-7-19)21(25)26-15-17-11-9-16(14-24)10-12-17/h1-8,13,16-17,24H,9-12,14-15H2. The summed E-state index contributed by atoms with van der Waals surface area (Å²) in [4.78, 5) is 14.2. The van der Waals surface area contributed by atoms with E-state index in [9.17, 15) is 14.3 Å². The minimum atomic E-state index is -0.508. The van der Waals surface area contributed by atoms with Crippen LogP contribution in [0.3, 0.4) is 0 Å². The quantitative estimate of drug-likeness (QED) is 0.828. The van der Waals surface area contributed by atoms with Crippen LogP contribution < -0.4 is 4.90 Å². The first-order valence-corrected chi connectivity index (χ1v) is 9.05. The first-order chi connectivity index (χ1) is 12.7. The van der Waals surface area contributed by atoms with E-state index in [-0.39, 0.29) is 6.61 Å². The molecule has 0 aliphatic heterocycles. The molecule has 26 heavy (non-hydrogen) atoms. The van der Waals surface area contributed by atoms with E-state index in [1.807, 2.05) is 18.2 Å². The van der Waals surface area contributed by atoms with Crippen molar-refractivity contribution in [3.05, 3.63) is 60.4 Å². The fraction of sp³-hybridized carbons (Fsp3) is 0.381. The average Bonchev–Trinajstić information content (AvgIpc) is 2.68. The summed E-state index contributed by atoms with van der Waals surface area (Å²) in [5, 5.41) is 9.22. The van der Waals surface area contributed by atoms with E-state index in [1.165, 1.54) is 17.0 Å². The second-order valence-electron chi connectivity index (χ2n) is 6.80. The number of carbonyl (C=O) groups excluding carboxylic acids is 1. The van der Waals surface area contributed by atoms with Crippen LogP contribution in [0.25, 0.3) is 0 Å². The third-order valence-electron chi connectivity index (χ3n) is 4.93. The predicted octanol–water partition coefficient (Wildman–Crippen LogP) is 4.90. The smallest absolute Gasteiger partial charge is 0.418 e. The molecule has 1 aliphatic carbocycles. The van der Waals surface area contributed by atoms with Crippen molar-refractivity contribution < 1.29 is 19.0 Å². The lowest BCUT2D eigenvalue weighted by atomic mass is 9.83. The Morgan fingerprint density at radius 3 is 2.31 bits per heavy atom. The van der Waals surface area contributed by atoms with E-state index in [0.717, 1.165) is 25.7 Å². The second-order valence-corrected chi connectivity index (χ2v) is 6.80. The summed E-state index contributed by atoms with van der Waals surface area (Å²) in [7, 11) is 0. The maximum Gasteiger partial charge on any atom is 0.418 e. The lowest BCUT2D eigenvalue weighted by Crippen LogP contribution is -2.29. The van der Waals surface area contributed by atoms with Gasteiger partial charge in [0.1, 0.15) is 5.82 Å². The van der Waals surface area contributed by atoms with Crippen molar-refractivity contribution >= 4 is 17.5 Å². The molecular weight excluding hydrogens is 333 g/mol. The van der Waals surface area contributed by atoms with E-state index in [4.69, 9.17) is 4.74 Å². The molecule has 0 spiro atoms. The molecule has 3 rings (SSSR count). The molecule has 1 saturated carbocycles. The van der Waals surface area contributed by atoms with Crippen LogP contribution in [0.1, 0.15) is 25.7 Å². The van der Waals surface area contributed by atoms with Gasteiger partial charge in [0.15, 0.2) is 0 Å². The molecule has 0 atom stereocenters. The van der Waals surface area contributed by atoms with Gasteiger partial charge < -0.3 is 9.84 Å². The largest absolute Gasteiger partial charge is 0.449 e. The highest BCUT2D eigenvalue weighted by atomic mass is 19.1. The van der Waals surface area contributed by atoms with E-state index < -0.39 is 11.9 Å².